The van der Waals surface area contributed by atoms with Gasteiger partial charge in [-0.1, -0.05) is 12.8 Å². The molecule has 112 valence electrons. The van der Waals surface area contributed by atoms with E-state index in [9.17, 15) is 9.90 Å². The summed E-state index contributed by atoms with van der Waals surface area (Å²) in [5.41, 5.74) is -0.481. The topological polar surface area (TPSA) is 83.7 Å². The molecular weight excluding hydrogens is 260 g/mol. The van der Waals surface area contributed by atoms with E-state index in [4.69, 9.17) is 9.15 Å². The lowest BCUT2D eigenvalue weighted by atomic mass is 9.99. The molecule has 1 saturated carbocycles. The number of hydrogen-bond acceptors (Lipinski definition) is 4. The van der Waals surface area contributed by atoms with Gasteiger partial charge in [0.2, 0.25) is 0 Å². The predicted molar refractivity (Wildman–Crippen MR) is 73.3 cm³/mol. The smallest absolute Gasteiger partial charge is 0.315 e. The maximum Gasteiger partial charge on any atom is 0.315 e. The molecule has 2 rings (SSSR count). The zero-order valence-corrected chi connectivity index (χ0v) is 11.7. The summed E-state index contributed by atoms with van der Waals surface area (Å²) >= 11 is 0. The van der Waals surface area contributed by atoms with Gasteiger partial charge in [0, 0.05) is 7.11 Å². The Morgan fingerprint density at radius 2 is 2.30 bits per heavy atom. The second-order valence-electron chi connectivity index (χ2n) is 5.27. The molecule has 1 aliphatic rings. The van der Waals surface area contributed by atoms with Crippen molar-refractivity contribution in [3.8, 4) is 0 Å². The highest BCUT2D eigenvalue weighted by molar-refractivity contribution is 5.75. The zero-order valence-electron chi connectivity index (χ0n) is 11.7. The summed E-state index contributed by atoms with van der Waals surface area (Å²) in [7, 11) is 1.57. The third-order valence-corrected chi connectivity index (χ3v) is 3.77. The number of carbonyl (C=O) groups excluding carboxylic acids is 1. The van der Waals surface area contributed by atoms with Crippen molar-refractivity contribution in [2.24, 2.45) is 0 Å². The third kappa shape index (κ3) is 3.52. The number of hydrogen-bond donors (Lipinski definition) is 3. The SMILES string of the molecule is COCC(NC(=O)NC1(CO)CCCC1)c1ccco1. The molecule has 0 aliphatic heterocycles. The number of rotatable bonds is 6. The second kappa shape index (κ2) is 6.76. The van der Waals surface area contributed by atoms with E-state index in [1.807, 2.05) is 0 Å². The van der Waals surface area contributed by atoms with E-state index in [0.717, 1.165) is 25.7 Å². The van der Waals surface area contributed by atoms with Crippen LogP contribution in [0.2, 0.25) is 0 Å². The van der Waals surface area contributed by atoms with Gasteiger partial charge in [0.1, 0.15) is 11.8 Å². The minimum absolute atomic E-state index is 0.0316. The van der Waals surface area contributed by atoms with Crippen LogP contribution in [-0.4, -0.2) is 37.0 Å². The van der Waals surface area contributed by atoms with Crippen LogP contribution in [0.1, 0.15) is 37.5 Å². The van der Waals surface area contributed by atoms with Gasteiger partial charge in [-0.15, -0.1) is 0 Å². The largest absolute Gasteiger partial charge is 0.467 e. The van der Waals surface area contributed by atoms with Gasteiger partial charge >= 0.3 is 6.03 Å². The summed E-state index contributed by atoms with van der Waals surface area (Å²) in [6.07, 6.45) is 5.24. The molecule has 0 spiro atoms. The van der Waals surface area contributed by atoms with Crippen molar-refractivity contribution in [1.29, 1.82) is 0 Å². The fourth-order valence-corrected chi connectivity index (χ4v) is 2.66. The number of ether oxygens (including phenoxy) is 1. The van der Waals surface area contributed by atoms with Crippen LogP contribution in [0.25, 0.3) is 0 Å². The minimum Gasteiger partial charge on any atom is -0.467 e. The molecule has 20 heavy (non-hydrogen) atoms. The Hall–Kier alpha value is -1.53. The predicted octanol–water partition coefficient (Wildman–Crippen LogP) is 1.57. The first-order valence-electron chi connectivity index (χ1n) is 6.91. The number of nitrogens with one attached hydrogen (secondary N) is 2. The Morgan fingerprint density at radius 1 is 1.55 bits per heavy atom. The molecule has 3 N–H and O–H groups in total. The molecule has 2 amide bonds. The van der Waals surface area contributed by atoms with Gasteiger partial charge in [0.15, 0.2) is 0 Å². The van der Waals surface area contributed by atoms with Gasteiger partial charge in [-0.3, -0.25) is 0 Å². The first kappa shape index (κ1) is 14.9. The van der Waals surface area contributed by atoms with E-state index >= 15 is 0 Å². The van der Waals surface area contributed by atoms with E-state index in [0.29, 0.717) is 12.4 Å². The Kier molecular flexibility index (Phi) is 5.03. The zero-order chi connectivity index (χ0) is 14.4. The summed E-state index contributed by atoms with van der Waals surface area (Å²) in [6, 6.07) is 2.91. The Morgan fingerprint density at radius 3 is 2.85 bits per heavy atom. The summed E-state index contributed by atoms with van der Waals surface area (Å²) < 4.78 is 10.4. The molecule has 1 aromatic rings. The second-order valence-corrected chi connectivity index (χ2v) is 5.27. The molecule has 1 aromatic heterocycles. The molecule has 1 heterocycles. The average molecular weight is 282 g/mol. The summed E-state index contributed by atoms with van der Waals surface area (Å²) in [4.78, 5) is 12.1. The van der Waals surface area contributed by atoms with Crippen LogP contribution in [0, 0.1) is 0 Å². The van der Waals surface area contributed by atoms with Crippen LogP contribution >= 0.6 is 0 Å². The number of urea groups is 1. The number of carbonyl (C=O) groups is 1. The third-order valence-electron chi connectivity index (χ3n) is 3.77. The van der Waals surface area contributed by atoms with Crippen LogP contribution < -0.4 is 10.6 Å². The van der Waals surface area contributed by atoms with Gasteiger partial charge in [0.05, 0.1) is 25.0 Å². The lowest BCUT2D eigenvalue weighted by molar-refractivity contribution is 0.144. The fourth-order valence-electron chi connectivity index (χ4n) is 2.66. The van der Waals surface area contributed by atoms with Gasteiger partial charge in [-0.05, 0) is 25.0 Å². The van der Waals surface area contributed by atoms with Crippen LogP contribution in [-0.2, 0) is 4.74 Å². The van der Waals surface area contributed by atoms with Crippen molar-refractivity contribution in [3.63, 3.8) is 0 Å². The van der Waals surface area contributed by atoms with E-state index in [1.165, 1.54) is 0 Å². The van der Waals surface area contributed by atoms with Crippen LogP contribution in [0.4, 0.5) is 4.79 Å². The molecule has 1 fully saturated rings. The average Bonchev–Trinajstić information content (AvgIpc) is 3.10. The molecule has 1 atom stereocenters. The van der Waals surface area contributed by atoms with Crippen LogP contribution in [0.3, 0.4) is 0 Å². The standard InChI is InChI=1S/C14H22N2O4/c1-19-9-11(12-5-4-8-20-12)15-13(18)16-14(10-17)6-2-3-7-14/h4-5,8,11,17H,2-3,6-7,9-10H2,1H3,(H2,15,16,18). The maximum absolute atomic E-state index is 12.1. The number of furan rings is 1. The van der Waals surface area contributed by atoms with Gasteiger partial charge in [-0.25, -0.2) is 4.79 Å². The van der Waals surface area contributed by atoms with Crippen molar-refractivity contribution in [3.05, 3.63) is 24.2 Å². The van der Waals surface area contributed by atoms with Crippen molar-refractivity contribution in [1.82, 2.24) is 10.6 Å². The van der Waals surface area contributed by atoms with Crippen LogP contribution in [0.15, 0.2) is 22.8 Å². The molecule has 6 nitrogen and oxygen atoms in total. The molecule has 1 unspecified atom stereocenters. The number of aliphatic hydroxyl groups is 1. The summed E-state index contributed by atoms with van der Waals surface area (Å²) in [6.45, 7) is 0.295. The monoisotopic (exact) mass is 282 g/mol. The quantitative estimate of drug-likeness (QED) is 0.739. The van der Waals surface area contributed by atoms with Crippen molar-refractivity contribution in [2.75, 3.05) is 20.3 Å². The molecule has 0 aromatic carbocycles. The molecule has 6 heteroatoms. The number of amides is 2. The number of methoxy groups -OCH3 is 1. The van der Waals surface area contributed by atoms with Gasteiger partial charge in [-0.2, -0.15) is 0 Å². The van der Waals surface area contributed by atoms with E-state index in [-0.39, 0.29) is 18.7 Å². The van der Waals surface area contributed by atoms with Crippen molar-refractivity contribution in [2.45, 2.75) is 37.3 Å². The summed E-state index contributed by atoms with van der Waals surface area (Å²) in [5.74, 6) is 0.645. The first-order valence-corrected chi connectivity index (χ1v) is 6.91. The fraction of sp³-hybridized carbons (Fsp3) is 0.643. The van der Waals surface area contributed by atoms with Crippen LogP contribution in [0.5, 0.6) is 0 Å². The van der Waals surface area contributed by atoms with Gasteiger partial charge in [0.25, 0.3) is 0 Å². The van der Waals surface area contributed by atoms with Crippen molar-refractivity contribution < 1.29 is 19.1 Å². The molecular formula is C14H22N2O4. The molecule has 0 saturated heterocycles. The minimum atomic E-state index is -0.481. The highest BCUT2D eigenvalue weighted by atomic mass is 16.5. The molecule has 0 bridgehead atoms. The maximum atomic E-state index is 12.1. The Bertz CT molecular complexity index is 413. The van der Waals surface area contributed by atoms with Gasteiger partial charge < -0.3 is 24.9 Å². The summed E-state index contributed by atoms with van der Waals surface area (Å²) in [5, 5.41) is 15.2. The highest BCUT2D eigenvalue weighted by Gasteiger charge is 2.35. The Labute approximate surface area is 118 Å². The lowest BCUT2D eigenvalue weighted by Gasteiger charge is -2.29. The first-order chi connectivity index (χ1) is 9.69. The molecule has 1 aliphatic carbocycles. The number of aliphatic hydroxyl groups excluding tert-OH is 1. The van der Waals surface area contributed by atoms with E-state index < -0.39 is 5.54 Å². The van der Waals surface area contributed by atoms with E-state index in [2.05, 4.69) is 10.6 Å². The highest BCUT2D eigenvalue weighted by Crippen LogP contribution is 2.29. The Balaban J connectivity index is 1.94. The molecule has 0 radical (unpaired) electrons. The lowest BCUT2D eigenvalue weighted by Crippen LogP contribution is -2.53. The van der Waals surface area contributed by atoms with Crippen molar-refractivity contribution >= 4 is 6.03 Å². The van der Waals surface area contributed by atoms with E-state index in [1.54, 1.807) is 25.5 Å². The normalized spacial score (nSPS) is 18.7.